The van der Waals surface area contributed by atoms with Crippen LogP contribution in [0.2, 0.25) is 0 Å². The lowest BCUT2D eigenvalue weighted by molar-refractivity contribution is 0.241. The third-order valence-electron chi connectivity index (χ3n) is 4.09. The summed E-state index contributed by atoms with van der Waals surface area (Å²) in [6, 6.07) is 12.6. The van der Waals surface area contributed by atoms with Crippen LogP contribution >= 0.6 is 12.2 Å². The van der Waals surface area contributed by atoms with E-state index in [9.17, 15) is 4.39 Å². The molecule has 0 saturated carbocycles. The van der Waals surface area contributed by atoms with Gasteiger partial charge in [-0.05, 0) is 84.5 Å². The van der Waals surface area contributed by atoms with E-state index in [-0.39, 0.29) is 5.82 Å². The van der Waals surface area contributed by atoms with Gasteiger partial charge in [0.15, 0.2) is 0 Å². The molecule has 5 nitrogen and oxygen atoms in total. The summed E-state index contributed by atoms with van der Waals surface area (Å²) in [7, 11) is 1.93. The van der Waals surface area contributed by atoms with Crippen molar-refractivity contribution in [1.82, 2.24) is 24.7 Å². The zero-order valence-electron chi connectivity index (χ0n) is 14.5. The van der Waals surface area contributed by atoms with E-state index in [4.69, 9.17) is 12.2 Å². The highest BCUT2D eigenvalue weighted by Gasteiger charge is 2.09. The van der Waals surface area contributed by atoms with E-state index < -0.39 is 0 Å². The Balaban J connectivity index is 1.77. The molecule has 0 aliphatic carbocycles. The molecule has 3 aromatic rings. The van der Waals surface area contributed by atoms with Crippen LogP contribution in [0.25, 0.3) is 5.69 Å². The maximum absolute atomic E-state index is 13.3. The number of nitrogens with zero attached hydrogens (tertiary/aromatic N) is 5. The summed E-state index contributed by atoms with van der Waals surface area (Å²) >= 11 is 5.50. The Labute approximate surface area is 151 Å². The summed E-state index contributed by atoms with van der Waals surface area (Å²) in [4.78, 5) is 2.00. The van der Waals surface area contributed by atoms with Crippen LogP contribution < -0.4 is 0 Å². The Kier molecular flexibility index (Phi) is 5.06. The van der Waals surface area contributed by atoms with Gasteiger partial charge in [0.25, 0.3) is 0 Å². The van der Waals surface area contributed by atoms with Gasteiger partial charge in [0, 0.05) is 6.54 Å². The predicted molar refractivity (Wildman–Crippen MR) is 97.5 cm³/mol. The molecule has 0 radical (unpaired) electrons. The topological polar surface area (TPSA) is 38.9 Å². The Morgan fingerprint density at radius 3 is 2.60 bits per heavy atom. The molecule has 3 rings (SSSR count). The Morgan fingerprint density at radius 1 is 1.08 bits per heavy atom. The van der Waals surface area contributed by atoms with Crippen molar-refractivity contribution in [3.63, 3.8) is 0 Å². The third kappa shape index (κ3) is 4.00. The first-order valence-electron chi connectivity index (χ1n) is 7.97. The molecule has 2 aromatic carbocycles. The molecule has 25 heavy (non-hydrogen) atoms. The van der Waals surface area contributed by atoms with Gasteiger partial charge in [-0.1, -0.05) is 18.2 Å². The van der Waals surface area contributed by atoms with E-state index in [1.54, 1.807) is 15.4 Å². The number of benzene rings is 2. The van der Waals surface area contributed by atoms with Crippen LogP contribution in [0.4, 0.5) is 4.39 Å². The van der Waals surface area contributed by atoms with Crippen molar-refractivity contribution in [2.75, 3.05) is 7.05 Å². The second-order valence-corrected chi connectivity index (χ2v) is 6.59. The summed E-state index contributed by atoms with van der Waals surface area (Å²) in [5.74, 6) is -0.233. The van der Waals surface area contributed by atoms with Crippen LogP contribution in [0.1, 0.15) is 16.7 Å². The van der Waals surface area contributed by atoms with Gasteiger partial charge in [0.1, 0.15) is 5.82 Å². The minimum absolute atomic E-state index is 0.233. The first-order chi connectivity index (χ1) is 11.9. The molecule has 1 heterocycles. The number of tetrazole rings is 1. The summed E-state index contributed by atoms with van der Waals surface area (Å²) < 4.78 is 17.1. The second-order valence-electron chi connectivity index (χ2n) is 6.23. The number of aromatic nitrogens is 4. The fourth-order valence-electron chi connectivity index (χ4n) is 2.61. The summed E-state index contributed by atoms with van der Waals surface area (Å²) in [6.45, 7) is 5.19. The molecular formula is C18H20FN5S. The van der Waals surface area contributed by atoms with Crippen molar-refractivity contribution in [1.29, 1.82) is 0 Å². The SMILES string of the molecule is Cc1ccc(-n2nnn(CN(C)Cc3cccc(F)c3)c2=S)cc1C. The van der Waals surface area contributed by atoms with E-state index in [0.717, 1.165) is 11.3 Å². The molecule has 1 aromatic heterocycles. The molecule has 0 N–H and O–H groups in total. The lowest BCUT2D eigenvalue weighted by Crippen LogP contribution is -2.22. The van der Waals surface area contributed by atoms with E-state index in [0.29, 0.717) is 18.0 Å². The normalized spacial score (nSPS) is 11.2. The average molecular weight is 357 g/mol. The van der Waals surface area contributed by atoms with E-state index in [1.807, 2.05) is 36.2 Å². The molecule has 0 bridgehead atoms. The van der Waals surface area contributed by atoms with E-state index in [1.165, 1.54) is 23.3 Å². The standard InChI is InChI=1S/C18H20FN5S/c1-13-7-8-17(9-14(13)2)24-18(25)23(20-21-24)12-22(3)11-15-5-4-6-16(19)10-15/h4-10H,11-12H2,1-3H3. The molecule has 7 heteroatoms. The van der Waals surface area contributed by atoms with Crippen LogP contribution in [-0.2, 0) is 13.2 Å². The van der Waals surface area contributed by atoms with Crippen LogP contribution in [0, 0.1) is 24.4 Å². The highest BCUT2D eigenvalue weighted by molar-refractivity contribution is 7.71. The van der Waals surface area contributed by atoms with E-state index >= 15 is 0 Å². The molecule has 0 saturated heterocycles. The monoisotopic (exact) mass is 357 g/mol. The van der Waals surface area contributed by atoms with Crippen molar-refractivity contribution >= 4 is 12.2 Å². The molecule has 130 valence electrons. The van der Waals surface area contributed by atoms with Gasteiger partial charge in [-0.25, -0.2) is 9.07 Å². The molecular weight excluding hydrogens is 337 g/mol. The van der Waals surface area contributed by atoms with Crippen molar-refractivity contribution < 1.29 is 4.39 Å². The molecule has 0 aliphatic rings. The van der Waals surface area contributed by atoms with Crippen molar-refractivity contribution in [2.24, 2.45) is 0 Å². The van der Waals surface area contributed by atoms with Gasteiger partial charge >= 0.3 is 0 Å². The minimum Gasteiger partial charge on any atom is -0.283 e. The number of hydrogen-bond acceptors (Lipinski definition) is 4. The predicted octanol–water partition coefficient (Wildman–Crippen LogP) is 3.64. The van der Waals surface area contributed by atoms with Gasteiger partial charge < -0.3 is 0 Å². The van der Waals surface area contributed by atoms with Crippen LogP contribution in [0.15, 0.2) is 42.5 Å². The van der Waals surface area contributed by atoms with Crippen molar-refractivity contribution in [3.8, 4) is 5.69 Å². The maximum atomic E-state index is 13.3. The highest BCUT2D eigenvalue weighted by atomic mass is 32.1. The molecule has 0 amide bonds. The zero-order valence-corrected chi connectivity index (χ0v) is 15.3. The number of halogens is 1. The average Bonchev–Trinajstić information content (AvgIpc) is 2.91. The number of hydrogen-bond donors (Lipinski definition) is 0. The Morgan fingerprint density at radius 2 is 1.88 bits per heavy atom. The van der Waals surface area contributed by atoms with Gasteiger partial charge in [0.05, 0.1) is 12.4 Å². The first-order valence-corrected chi connectivity index (χ1v) is 8.38. The summed E-state index contributed by atoms with van der Waals surface area (Å²) in [6.07, 6.45) is 0. The second kappa shape index (κ2) is 7.25. The van der Waals surface area contributed by atoms with Crippen LogP contribution in [0.3, 0.4) is 0 Å². The third-order valence-corrected chi connectivity index (χ3v) is 4.48. The fraction of sp³-hybridized carbons (Fsp3) is 0.278. The molecule has 0 atom stereocenters. The van der Waals surface area contributed by atoms with Crippen molar-refractivity contribution in [3.05, 3.63) is 69.7 Å². The lowest BCUT2D eigenvalue weighted by atomic mass is 10.1. The van der Waals surface area contributed by atoms with Crippen molar-refractivity contribution in [2.45, 2.75) is 27.1 Å². The highest BCUT2D eigenvalue weighted by Crippen LogP contribution is 2.14. The van der Waals surface area contributed by atoms with Crippen LogP contribution in [0.5, 0.6) is 0 Å². The van der Waals surface area contributed by atoms with Gasteiger partial charge in [-0.3, -0.25) is 4.90 Å². The quantitative estimate of drug-likeness (QED) is 0.654. The number of rotatable bonds is 5. The minimum atomic E-state index is -0.233. The van der Waals surface area contributed by atoms with Gasteiger partial charge in [-0.2, -0.15) is 4.68 Å². The molecule has 0 unspecified atom stereocenters. The molecule has 0 spiro atoms. The van der Waals surface area contributed by atoms with Gasteiger partial charge in [0.2, 0.25) is 4.77 Å². The largest absolute Gasteiger partial charge is 0.283 e. The zero-order chi connectivity index (χ0) is 18.0. The molecule has 0 fully saturated rings. The maximum Gasteiger partial charge on any atom is 0.221 e. The molecule has 0 aliphatic heterocycles. The van der Waals surface area contributed by atoms with Crippen LogP contribution in [-0.4, -0.2) is 31.7 Å². The lowest BCUT2D eigenvalue weighted by Gasteiger charge is -2.16. The number of aryl methyl sites for hydroxylation is 2. The Bertz CT molecular complexity index is 947. The smallest absolute Gasteiger partial charge is 0.221 e. The summed E-state index contributed by atoms with van der Waals surface area (Å²) in [5, 5.41) is 8.32. The van der Waals surface area contributed by atoms with Gasteiger partial charge in [-0.15, -0.1) is 0 Å². The summed E-state index contributed by atoms with van der Waals surface area (Å²) in [5.41, 5.74) is 4.19. The Hall–Kier alpha value is -2.38. The fourth-order valence-corrected chi connectivity index (χ4v) is 2.84. The van der Waals surface area contributed by atoms with E-state index in [2.05, 4.69) is 24.3 Å². The first kappa shape index (κ1) is 17.4.